The lowest BCUT2D eigenvalue weighted by molar-refractivity contribution is -0.889. The summed E-state index contributed by atoms with van der Waals surface area (Å²) in [5, 5.41) is 11.7. The predicted molar refractivity (Wildman–Crippen MR) is 287 cm³/mol. The quantitative estimate of drug-likeness (QED) is 0.0259. The number of unbranched alkanes of at least 4 members (excludes halogenated alkanes) is 33. The fourth-order valence-electron chi connectivity index (χ4n) is 8.75. The van der Waals surface area contributed by atoms with E-state index in [-0.39, 0.29) is 42.7 Å². The van der Waals surface area contributed by atoms with Crippen LogP contribution >= 0.6 is 0 Å². The maximum Gasteiger partial charge on any atom is 0.306 e. The third-order valence-electron chi connectivity index (χ3n) is 13.2. The summed E-state index contributed by atoms with van der Waals surface area (Å²) in [4.78, 5) is 37.2. The normalized spacial score (nSPS) is 13.0. The van der Waals surface area contributed by atoms with E-state index in [9.17, 15) is 19.5 Å². The van der Waals surface area contributed by atoms with Crippen molar-refractivity contribution in [1.29, 1.82) is 0 Å². The van der Waals surface area contributed by atoms with Crippen molar-refractivity contribution in [3.63, 3.8) is 0 Å². The first-order valence-electron chi connectivity index (χ1n) is 29.0. The molecule has 0 rings (SSSR count). The molecule has 0 aromatic rings. The lowest BCUT2D eigenvalue weighted by Gasteiger charge is -2.34. The second-order valence-corrected chi connectivity index (χ2v) is 20.9. The summed E-state index contributed by atoms with van der Waals surface area (Å²) in [5.41, 5.74) is 0. The second kappa shape index (κ2) is 50.9. The number of esters is 2. The zero-order valence-electron chi connectivity index (χ0n) is 45.5. The van der Waals surface area contributed by atoms with Crippen molar-refractivity contribution in [2.24, 2.45) is 0 Å². The maximum absolute atomic E-state index is 12.8. The first-order valence-corrected chi connectivity index (χ1v) is 29.0. The molecular formula is C60H111NO7. The molecule has 68 heavy (non-hydrogen) atoms. The van der Waals surface area contributed by atoms with Gasteiger partial charge in [-0.25, -0.2) is 0 Å². The zero-order chi connectivity index (χ0) is 49.9. The van der Waals surface area contributed by atoms with Gasteiger partial charge in [-0.1, -0.05) is 224 Å². The highest BCUT2D eigenvalue weighted by Gasteiger charge is 2.25. The van der Waals surface area contributed by atoms with E-state index in [0.29, 0.717) is 12.8 Å². The van der Waals surface area contributed by atoms with Gasteiger partial charge in [0, 0.05) is 19.3 Å². The molecule has 0 saturated heterocycles. The summed E-state index contributed by atoms with van der Waals surface area (Å²) in [6, 6.07) is -0.728. The van der Waals surface area contributed by atoms with Gasteiger partial charge in [0.2, 0.25) is 0 Å². The lowest BCUT2D eigenvalue weighted by atomic mass is 10.1. The Morgan fingerprint density at radius 2 is 0.779 bits per heavy atom. The van der Waals surface area contributed by atoms with Crippen LogP contribution in [0.25, 0.3) is 0 Å². The highest BCUT2D eigenvalue weighted by molar-refractivity contribution is 5.70. The summed E-state index contributed by atoms with van der Waals surface area (Å²) in [7, 11) is 5.42. The van der Waals surface area contributed by atoms with E-state index in [4.69, 9.17) is 14.2 Å². The van der Waals surface area contributed by atoms with Gasteiger partial charge in [0.05, 0.1) is 40.3 Å². The Morgan fingerprint density at radius 1 is 0.441 bits per heavy atom. The molecule has 0 fully saturated rings. The Kier molecular flexibility index (Phi) is 49.1. The molecule has 0 N–H and O–H groups in total. The van der Waals surface area contributed by atoms with Crippen LogP contribution in [0.15, 0.2) is 36.5 Å². The van der Waals surface area contributed by atoms with Crippen LogP contribution in [0, 0.1) is 0 Å². The smallest absolute Gasteiger partial charge is 0.306 e. The molecule has 8 heteroatoms. The van der Waals surface area contributed by atoms with E-state index in [2.05, 4.69) is 50.3 Å². The van der Waals surface area contributed by atoms with Crippen molar-refractivity contribution >= 4 is 17.9 Å². The molecule has 0 radical (unpaired) electrons. The van der Waals surface area contributed by atoms with Crippen LogP contribution in [0.5, 0.6) is 0 Å². The van der Waals surface area contributed by atoms with E-state index in [1.807, 2.05) is 21.1 Å². The monoisotopic (exact) mass is 958 g/mol. The molecule has 398 valence electrons. The second-order valence-electron chi connectivity index (χ2n) is 20.9. The van der Waals surface area contributed by atoms with Crippen LogP contribution in [0.3, 0.4) is 0 Å². The Morgan fingerprint density at radius 3 is 1.15 bits per heavy atom. The molecule has 2 unspecified atom stereocenters. The first kappa shape index (κ1) is 65.5. The van der Waals surface area contributed by atoms with Crippen LogP contribution in [0.1, 0.15) is 277 Å². The highest BCUT2D eigenvalue weighted by atomic mass is 16.6. The molecule has 0 spiro atoms. The van der Waals surface area contributed by atoms with Gasteiger partial charge in [0.1, 0.15) is 12.6 Å². The highest BCUT2D eigenvalue weighted by Crippen LogP contribution is 2.16. The van der Waals surface area contributed by atoms with Crippen molar-refractivity contribution < 1.29 is 38.2 Å². The van der Waals surface area contributed by atoms with Crippen molar-refractivity contribution in [2.45, 2.75) is 289 Å². The molecule has 0 heterocycles. The van der Waals surface area contributed by atoms with E-state index in [0.717, 1.165) is 51.4 Å². The molecule has 2 atom stereocenters. The standard InChI is InChI=1S/C60H111NO7/c1-6-8-10-12-14-16-18-20-22-24-26-28-29-31-32-34-36-38-40-42-44-46-48-50-58(62)67-55-56(54-66-53-52-57(60(64)65)61(3,4)5)68-59(63)51-49-47-45-43-41-39-37-35-33-30-27-25-23-21-19-17-15-13-11-9-7-2/h26,28,30-33,56-57H,6-25,27,29,34-55H2,1-5H3/b28-26+,32-31+,33-30+. The van der Waals surface area contributed by atoms with Gasteiger partial charge < -0.3 is 28.6 Å². The summed E-state index contributed by atoms with van der Waals surface area (Å²) in [6.07, 6.45) is 61.9. The topological polar surface area (TPSA) is 102 Å². The minimum Gasteiger partial charge on any atom is -0.544 e. The van der Waals surface area contributed by atoms with Crippen LogP contribution in [0.2, 0.25) is 0 Å². The van der Waals surface area contributed by atoms with Crippen molar-refractivity contribution in [2.75, 3.05) is 41.0 Å². The molecule has 0 aliphatic heterocycles. The molecule has 0 bridgehead atoms. The van der Waals surface area contributed by atoms with E-state index < -0.39 is 18.1 Å². The number of hydrogen-bond acceptors (Lipinski definition) is 7. The van der Waals surface area contributed by atoms with E-state index in [1.54, 1.807) is 0 Å². The van der Waals surface area contributed by atoms with E-state index >= 15 is 0 Å². The zero-order valence-corrected chi connectivity index (χ0v) is 45.5. The van der Waals surface area contributed by atoms with Gasteiger partial charge in [0.25, 0.3) is 0 Å². The molecule has 0 aromatic heterocycles. The van der Waals surface area contributed by atoms with Gasteiger partial charge in [-0.15, -0.1) is 0 Å². The van der Waals surface area contributed by atoms with Crippen molar-refractivity contribution in [3.05, 3.63) is 36.5 Å². The summed E-state index contributed by atoms with van der Waals surface area (Å²) < 4.78 is 17.3. The fourth-order valence-corrected chi connectivity index (χ4v) is 8.75. The molecule has 0 aliphatic rings. The van der Waals surface area contributed by atoms with E-state index in [1.165, 1.54) is 193 Å². The van der Waals surface area contributed by atoms with Crippen molar-refractivity contribution in [3.8, 4) is 0 Å². The SMILES string of the molecule is CCCCCCCCCCC/C=C/C/C=C/CCCCCCCCCC(=O)OCC(COCCC(C(=O)[O-])[N+](C)(C)C)OC(=O)CCCCCCCCC/C=C/CCCCCCCCCCCC. The lowest BCUT2D eigenvalue weighted by Crippen LogP contribution is -2.55. The van der Waals surface area contributed by atoms with Crippen LogP contribution in [-0.4, -0.2) is 75.5 Å². The maximum atomic E-state index is 12.8. The number of likely N-dealkylation sites (N-methyl/N-ethyl adjacent to an activating group) is 1. The molecule has 0 saturated carbocycles. The molecule has 0 aliphatic carbocycles. The van der Waals surface area contributed by atoms with Gasteiger partial charge in [0.15, 0.2) is 6.10 Å². The predicted octanol–water partition coefficient (Wildman–Crippen LogP) is 16.0. The van der Waals surface area contributed by atoms with Gasteiger partial charge in [-0.3, -0.25) is 9.59 Å². The van der Waals surface area contributed by atoms with Gasteiger partial charge in [-0.05, 0) is 70.6 Å². The minimum atomic E-state index is -1.12. The molecule has 0 amide bonds. The van der Waals surface area contributed by atoms with Crippen LogP contribution in [-0.2, 0) is 28.6 Å². The van der Waals surface area contributed by atoms with Gasteiger partial charge in [-0.2, -0.15) is 0 Å². The number of allylic oxidation sites excluding steroid dienone is 6. The molecular weight excluding hydrogens is 847 g/mol. The molecule has 0 aromatic carbocycles. The number of aliphatic carboxylic acids is 1. The number of carbonyl (C=O) groups excluding carboxylic acids is 3. The summed E-state index contributed by atoms with van der Waals surface area (Å²) in [5.74, 6) is -1.74. The Labute approximate surface area is 421 Å². The largest absolute Gasteiger partial charge is 0.544 e. The van der Waals surface area contributed by atoms with Crippen LogP contribution in [0.4, 0.5) is 0 Å². The fraction of sp³-hybridized carbons (Fsp3) is 0.850. The number of carboxylic acid groups (broad SMARTS) is 1. The van der Waals surface area contributed by atoms with Crippen molar-refractivity contribution in [1.82, 2.24) is 0 Å². The Bertz CT molecular complexity index is 1210. The first-order chi connectivity index (χ1) is 33.1. The number of carboxylic acids is 1. The number of hydrogen-bond donors (Lipinski definition) is 0. The minimum absolute atomic E-state index is 0.0384. The third kappa shape index (κ3) is 48.6. The number of nitrogens with zero attached hydrogens (tertiary/aromatic N) is 1. The average Bonchev–Trinajstić information content (AvgIpc) is 3.30. The number of carbonyl (C=O) groups is 3. The summed E-state index contributed by atoms with van der Waals surface area (Å²) >= 11 is 0. The molecule has 8 nitrogen and oxygen atoms in total. The Balaban J connectivity index is 4.18. The Hall–Kier alpha value is -2.45. The van der Waals surface area contributed by atoms with Gasteiger partial charge >= 0.3 is 11.9 Å². The van der Waals surface area contributed by atoms with Crippen LogP contribution < -0.4 is 5.11 Å². The average molecular weight is 959 g/mol. The number of rotatable bonds is 53. The third-order valence-corrected chi connectivity index (χ3v) is 13.2. The number of ether oxygens (including phenoxy) is 3. The number of quaternary nitrogens is 1. The summed E-state index contributed by atoms with van der Waals surface area (Å²) in [6.45, 7) is 4.70.